The highest BCUT2D eigenvalue weighted by Crippen LogP contribution is 2.34. The van der Waals surface area contributed by atoms with Gasteiger partial charge >= 0.3 is 5.97 Å². The minimum absolute atomic E-state index is 0.0993. The third kappa shape index (κ3) is 2.40. The lowest BCUT2D eigenvalue weighted by molar-refractivity contribution is 0.0531. The van der Waals surface area contributed by atoms with Gasteiger partial charge in [0, 0.05) is 16.7 Å². The summed E-state index contributed by atoms with van der Waals surface area (Å²) in [4.78, 5) is 24.4. The van der Waals surface area contributed by atoms with Crippen molar-refractivity contribution in [1.29, 1.82) is 0 Å². The molecule has 0 aliphatic heterocycles. The second kappa shape index (κ2) is 5.53. The molecule has 2 rings (SSSR count). The fourth-order valence-electron chi connectivity index (χ4n) is 2.04. The van der Waals surface area contributed by atoms with Gasteiger partial charge in [0.2, 0.25) is 0 Å². The number of fused-ring (bicyclic) bond motifs is 1. The number of carbonyl (C=O) groups is 2. The van der Waals surface area contributed by atoms with Crippen LogP contribution in [-0.2, 0) is 4.74 Å². The van der Waals surface area contributed by atoms with Gasteiger partial charge < -0.3 is 4.74 Å². The lowest BCUT2D eigenvalue weighted by Gasteiger charge is -1.99. The number of esters is 1. The van der Waals surface area contributed by atoms with Gasteiger partial charge in [-0.1, -0.05) is 19.1 Å². The van der Waals surface area contributed by atoms with Crippen LogP contribution in [0.15, 0.2) is 18.2 Å². The molecule has 0 bridgehead atoms. The minimum Gasteiger partial charge on any atom is -0.462 e. The first-order chi connectivity index (χ1) is 9.10. The van der Waals surface area contributed by atoms with E-state index < -0.39 is 0 Å². The molecule has 0 radical (unpaired) electrons. The number of thiophene rings is 1. The molecule has 0 saturated carbocycles. The summed E-state index contributed by atoms with van der Waals surface area (Å²) in [5, 5.41) is 0.965. The Hall–Kier alpha value is -1.68. The quantitative estimate of drug-likeness (QED) is 0.626. The molecule has 1 aromatic heterocycles. The van der Waals surface area contributed by atoms with E-state index in [0.29, 0.717) is 23.5 Å². The average molecular weight is 276 g/mol. The minimum atomic E-state index is -0.309. The van der Waals surface area contributed by atoms with Crippen LogP contribution in [0.1, 0.15) is 45.9 Å². The van der Waals surface area contributed by atoms with Gasteiger partial charge in [0.1, 0.15) is 4.88 Å². The fourth-order valence-corrected chi connectivity index (χ4v) is 3.28. The lowest BCUT2D eigenvalue weighted by atomic mass is 10.0. The van der Waals surface area contributed by atoms with E-state index in [1.54, 1.807) is 6.92 Å². The van der Waals surface area contributed by atoms with Crippen LogP contribution in [0.5, 0.6) is 0 Å². The topological polar surface area (TPSA) is 43.4 Å². The van der Waals surface area contributed by atoms with Crippen LogP contribution in [0.2, 0.25) is 0 Å². The van der Waals surface area contributed by atoms with Crippen LogP contribution in [0.25, 0.3) is 10.1 Å². The fraction of sp³-hybridized carbons (Fsp3) is 0.333. The number of benzene rings is 1. The van der Waals surface area contributed by atoms with Crippen LogP contribution in [0, 0.1) is 6.92 Å². The molecule has 0 atom stereocenters. The summed E-state index contributed by atoms with van der Waals surface area (Å²) in [7, 11) is 0. The summed E-state index contributed by atoms with van der Waals surface area (Å²) in [5.41, 5.74) is 1.59. The molecule has 0 N–H and O–H groups in total. The highest BCUT2D eigenvalue weighted by Gasteiger charge is 2.19. The van der Waals surface area contributed by atoms with Gasteiger partial charge in [-0.05, 0) is 30.9 Å². The molecule has 0 saturated heterocycles. The van der Waals surface area contributed by atoms with E-state index in [9.17, 15) is 9.59 Å². The van der Waals surface area contributed by atoms with Crippen LogP contribution < -0.4 is 0 Å². The SMILES string of the molecule is CCOC(=O)c1sc2c(C(=O)CC)cccc2c1C. The Morgan fingerprint density at radius 3 is 2.63 bits per heavy atom. The van der Waals surface area contributed by atoms with E-state index in [4.69, 9.17) is 4.74 Å². The molecule has 0 aliphatic carbocycles. The van der Waals surface area contributed by atoms with Crippen molar-refractivity contribution in [1.82, 2.24) is 0 Å². The molecule has 4 heteroatoms. The Bertz CT molecular complexity index is 640. The number of Topliss-reactive ketones (excluding diaryl/α,β-unsaturated/α-hetero) is 1. The molecule has 19 heavy (non-hydrogen) atoms. The van der Waals surface area contributed by atoms with Gasteiger partial charge in [-0.15, -0.1) is 11.3 Å². The van der Waals surface area contributed by atoms with Crippen molar-refractivity contribution >= 4 is 33.2 Å². The second-order valence-corrected chi connectivity index (χ2v) is 5.26. The first kappa shape index (κ1) is 13.7. The standard InChI is InChI=1S/C15H16O3S/c1-4-12(16)11-8-6-7-10-9(3)13(19-14(10)11)15(17)18-5-2/h6-8H,4-5H2,1-3H3. The molecular weight excluding hydrogens is 260 g/mol. The van der Waals surface area contributed by atoms with Gasteiger partial charge in [0.15, 0.2) is 5.78 Å². The van der Waals surface area contributed by atoms with Crippen LogP contribution >= 0.6 is 11.3 Å². The van der Waals surface area contributed by atoms with Crippen molar-refractivity contribution in [3.63, 3.8) is 0 Å². The first-order valence-electron chi connectivity index (χ1n) is 6.32. The van der Waals surface area contributed by atoms with Crippen molar-refractivity contribution in [3.8, 4) is 0 Å². The van der Waals surface area contributed by atoms with E-state index >= 15 is 0 Å². The molecule has 100 valence electrons. The number of hydrogen-bond donors (Lipinski definition) is 0. The smallest absolute Gasteiger partial charge is 0.348 e. The molecule has 0 unspecified atom stereocenters. The van der Waals surface area contributed by atoms with Crippen LogP contribution in [0.3, 0.4) is 0 Å². The highest BCUT2D eigenvalue weighted by molar-refractivity contribution is 7.21. The lowest BCUT2D eigenvalue weighted by Crippen LogP contribution is -2.03. The average Bonchev–Trinajstić information content (AvgIpc) is 2.76. The molecular formula is C15H16O3S. The van der Waals surface area contributed by atoms with Crippen molar-refractivity contribution in [3.05, 3.63) is 34.2 Å². The molecule has 0 aliphatic rings. The maximum absolute atomic E-state index is 11.9. The predicted octanol–water partition coefficient (Wildman–Crippen LogP) is 3.98. The zero-order valence-corrected chi connectivity index (χ0v) is 12.1. The summed E-state index contributed by atoms with van der Waals surface area (Å²) < 4.78 is 5.94. The zero-order chi connectivity index (χ0) is 14.0. The third-order valence-corrected chi connectivity index (χ3v) is 4.37. The zero-order valence-electron chi connectivity index (χ0n) is 11.3. The van der Waals surface area contributed by atoms with E-state index in [0.717, 1.165) is 15.6 Å². The number of ether oxygens (including phenoxy) is 1. The molecule has 1 heterocycles. The Kier molecular flexibility index (Phi) is 4.00. The molecule has 1 aromatic carbocycles. The molecule has 0 fully saturated rings. The third-order valence-electron chi connectivity index (χ3n) is 3.05. The number of hydrogen-bond acceptors (Lipinski definition) is 4. The van der Waals surface area contributed by atoms with Gasteiger partial charge in [-0.3, -0.25) is 4.79 Å². The van der Waals surface area contributed by atoms with Crippen molar-refractivity contribution < 1.29 is 14.3 Å². The maximum atomic E-state index is 11.9. The summed E-state index contributed by atoms with van der Waals surface area (Å²) in [6.45, 7) is 5.87. The number of ketones is 1. The summed E-state index contributed by atoms with van der Waals surface area (Å²) in [6, 6.07) is 5.62. The first-order valence-corrected chi connectivity index (χ1v) is 7.14. The molecule has 0 amide bonds. The number of rotatable bonds is 4. The second-order valence-electron chi connectivity index (χ2n) is 4.24. The van der Waals surface area contributed by atoms with Gasteiger partial charge in [0.25, 0.3) is 0 Å². The highest BCUT2D eigenvalue weighted by atomic mass is 32.1. The molecule has 3 nitrogen and oxygen atoms in total. The molecule has 2 aromatic rings. The summed E-state index contributed by atoms with van der Waals surface area (Å²) >= 11 is 1.35. The maximum Gasteiger partial charge on any atom is 0.348 e. The van der Waals surface area contributed by atoms with Gasteiger partial charge in [0.05, 0.1) is 6.61 Å². The van der Waals surface area contributed by atoms with Crippen molar-refractivity contribution in [2.75, 3.05) is 6.61 Å². The Morgan fingerprint density at radius 1 is 1.26 bits per heavy atom. The monoisotopic (exact) mass is 276 g/mol. The summed E-state index contributed by atoms with van der Waals surface area (Å²) in [6.07, 6.45) is 0.463. The largest absolute Gasteiger partial charge is 0.462 e. The number of aryl methyl sites for hydroxylation is 1. The van der Waals surface area contributed by atoms with Crippen molar-refractivity contribution in [2.24, 2.45) is 0 Å². The van der Waals surface area contributed by atoms with Crippen LogP contribution in [0.4, 0.5) is 0 Å². The summed E-state index contributed by atoms with van der Waals surface area (Å²) in [5.74, 6) is -0.210. The van der Waals surface area contributed by atoms with E-state index in [1.165, 1.54) is 11.3 Å². The van der Waals surface area contributed by atoms with E-state index in [1.807, 2.05) is 32.0 Å². The van der Waals surface area contributed by atoms with Gasteiger partial charge in [-0.2, -0.15) is 0 Å². The normalized spacial score (nSPS) is 10.7. The molecule has 0 spiro atoms. The van der Waals surface area contributed by atoms with Crippen LogP contribution in [-0.4, -0.2) is 18.4 Å². The predicted molar refractivity (Wildman–Crippen MR) is 77.1 cm³/mol. The Balaban J connectivity index is 2.62. The van der Waals surface area contributed by atoms with Crippen molar-refractivity contribution in [2.45, 2.75) is 27.2 Å². The van der Waals surface area contributed by atoms with E-state index in [-0.39, 0.29) is 11.8 Å². The Labute approximate surface area is 116 Å². The van der Waals surface area contributed by atoms with Gasteiger partial charge in [-0.25, -0.2) is 4.79 Å². The Morgan fingerprint density at radius 2 is 2.00 bits per heavy atom. The van der Waals surface area contributed by atoms with E-state index in [2.05, 4.69) is 0 Å². The number of carbonyl (C=O) groups excluding carboxylic acids is 2.